The molecule has 6 aromatic rings. The molecule has 0 spiro atoms. The highest BCUT2D eigenvalue weighted by Crippen LogP contribution is 2.25. The number of nitrogens with one attached hydrogen (secondary N) is 1. The summed E-state index contributed by atoms with van der Waals surface area (Å²) in [6.45, 7) is 0. The van der Waals surface area contributed by atoms with Crippen LogP contribution in [0.3, 0.4) is 0 Å². The van der Waals surface area contributed by atoms with Crippen molar-refractivity contribution in [1.82, 2.24) is 29.9 Å². The van der Waals surface area contributed by atoms with Crippen LogP contribution in [-0.2, 0) is 0 Å². The third kappa shape index (κ3) is 12.3. The standard InChI is InChI=1S/C15H9BrF3N3O.C8H6BrN3.C7H4F3IO/c16-11-3-1-10(2-4-11)14-20-9-22(21-14)12-5-7-13(8-6-12)23-15(17,18)19;9-7-3-1-6(2-4-7)8-10-5-11-12-8;8-7(9,10)12-6-3-1-5(11)2-4-6/h1-9H;1-5H,(H,10,11,12);1-4H. The lowest BCUT2D eigenvalue weighted by Gasteiger charge is -2.09. The number of benzene rings is 4. The fourth-order valence-electron chi connectivity index (χ4n) is 3.51. The summed E-state index contributed by atoms with van der Waals surface area (Å²) in [5, 5.41) is 10.9. The van der Waals surface area contributed by atoms with E-state index in [1.165, 1.54) is 53.7 Å². The molecule has 0 fully saturated rings. The molecule has 0 amide bonds. The maximum absolute atomic E-state index is 12.1. The maximum Gasteiger partial charge on any atom is 0.573 e. The molecule has 0 radical (unpaired) electrons. The van der Waals surface area contributed by atoms with Crippen molar-refractivity contribution in [2.24, 2.45) is 0 Å². The summed E-state index contributed by atoms with van der Waals surface area (Å²) < 4.78 is 83.1. The zero-order valence-electron chi connectivity index (χ0n) is 23.3. The highest BCUT2D eigenvalue weighted by molar-refractivity contribution is 14.1. The summed E-state index contributed by atoms with van der Waals surface area (Å²) in [4.78, 5) is 8.23. The van der Waals surface area contributed by atoms with E-state index in [0.29, 0.717) is 11.5 Å². The van der Waals surface area contributed by atoms with Gasteiger partial charge in [-0.1, -0.05) is 56.1 Å². The Hall–Kier alpha value is -3.97. The topological polar surface area (TPSA) is 90.7 Å². The smallest absolute Gasteiger partial charge is 0.406 e. The Balaban J connectivity index is 0.000000176. The number of rotatable bonds is 5. The number of hydrogen-bond acceptors (Lipinski definition) is 6. The van der Waals surface area contributed by atoms with Crippen LogP contribution in [0.2, 0.25) is 0 Å². The van der Waals surface area contributed by atoms with Gasteiger partial charge in [0.1, 0.15) is 24.2 Å². The molecule has 17 heteroatoms. The maximum atomic E-state index is 12.1. The van der Waals surface area contributed by atoms with Crippen molar-refractivity contribution in [3.05, 3.63) is 122 Å². The summed E-state index contributed by atoms with van der Waals surface area (Å²) in [6, 6.07) is 26.4. The summed E-state index contributed by atoms with van der Waals surface area (Å²) >= 11 is 8.71. The third-order valence-electron chi connectivity index (χ3n) is 5.51. The fourth-order valence-corrected chi connectivity index (χ4v) is 4.40. The van der Waals surface area contributed by atoms with E-state index >= 15 is 0 Å². The summed E-state index contributed by atoms with van der Waals surface area (Å²) in [5.41, 5.74) is 2.45. The molecule has 2 heterocycles. The second-order valence-corrected chi connectivity index (χ2v) is 12.0. The Morgan fingerprint density at radius 1 is 0.638 bits per heavy atom. The van der Waals surface area contributed by atoms with Gasteiger partial charge in [0.2, 0.25) is 0 Å². The highest BCUT2D eigenvalue weighted by atomic mass is 127. The Morgan fingerprint density at radius 3 is 1.60 bits per heavy atom. The molecule has 2 aromatic heterocycles. The van der Waals surface area contributed by atoms with E-state index in [0.717, 1.165) is 29.5 Å². The Bertz CT molecular complexity index is 1820. The van der Waals surface area contributed by atoms with Crippen molar-refractivity contribution >= 4 is 54.5 Å². The number of hydrogen-bond donors (Lipinski definition) is 1. The monoisotopic (exact) mass is 894 g/mol. The molecule has 244 valence electrons. The van der Waals surface area contributed by atoms with Crippen LogP contribution in [0.5, 0.6) is 11.5 Å². The van der Waals surface area contributed by atoms with Gasteiger partial charge >= 0.3 is 12.7 Å². The average Bonchev–Trinajstić information content (AvgIpc) is 3.73. The predicted octanol–water partition coefficient (Wildman–Crippen LogP) is 10.0. The first-order valence-corrected chi connectivity index (χ1v) is 15.6. The van der Waals surface area contributed by atoms with Crippen molar-refractivity contribution < 1.29 is 35.8 Å². The zero-order chi connectivity index (χ0) is 34.0. The van der Waals surface area contributed by atoms with E-state index in [2.05, 4.69) is 66.6 Å². The van der Waals surface area contributed by atoms with Crippen LogP contribution in [0.15, 0.2) is 119 Å². The lowest BCUT2D eigenvalue weighted by Crippen LogP contribution is -2.17. The molecule has 1 N–H and O–H groups in total. The number of ether oxygens (including phenoxy) is 2. The van der Waals surface area contributed by atoms with Crippen molar-refractivity contribution in [3.8, 4) is 40.0 Å². The van der Waals surface area contributed by atoms with Gasteiger partial charge in [-0.3, -0.25) is 5.10 Å². The van der Waals surface area contributed by atoms with Crippen molar-refractivity contribution in [2.75, 3.05) is 0 Å². The van der Waals surface area contributed by atoms with Crippen LogP contribution in [0.25, 0.3) is 28.5 Å². The minimum absolute atomic E-state index is 0.192. The van der Waals surface area contributed by atoms with Gasteiger partial charge in [-0.25, -0.2) is 14.6 Å². The number of alkyl halides is 6. The number of aromatic amines is 1. The summed E-state index contributed by atoms with van der Waals surface area (Å²) in [6.07, 6.45) is -6.31. The van der Waals surface area contributed by atoms with Gasteiger partial charge in [-0.2, -0.15) is 5.10 Å². The molecule has 0 unspecified atom stereocenters. The number of nitrogens with zero attached hydrogens (tertiary/aromatic N) is 5. The summed E-state index contributed by atoms with van der Waals surface area (Å²) in [7, 11) is 0. The van der Waals surface area contributed by atoms with Gasteiger partial charge in [0, 0.05) is 23.6 Å². The third-order valence-corrected chi connectivity index (χ3v) is 7.29. The van der Waals surface area contributed by atoms with Gasteiger partial charge < -0.3 is 9.47 Å². The minimum atomic E-state index is -4.70. The largest absolute Gasteiger partial charge is 0.573 e. The molecule has 47 heavy (non-hydrogen) atoms. The summed E-state index contributed by atoms with van der Waals surface area (Å²) in [5.74, 6) is 0.841. The molecule has 8 nitrogen and oxygen atoms in total. The van der Waals surface area contributed by atoms with E-state index in [-0.39, 0.29) is 11.5 Å². The molecule has 0 atom stereocenters. The molecule has 0 aliphatic carbocycles. The van der Waals surface area contributed by atoms with E-state index in [1.807, 2.05) is 71.1 Å². The quantitative estimate of drug-likeness (QED) is 0.137. The van der Waals surface area contributed by atoms with Gasteiger partial charge in [-0.05, 0) is 95.4 Å². The molecular weight excluding hydrogens is 877 g/mol. The van der Waals surface area contributed by atoms with Crippen molar-refractivity contribution in [3.63, 3.8) is 0 Å². The second kappa shape index (κ2) is 16.2. The molecule has 0 bridgehead atoms. The van der Waals surface area contributed by atoms with Crippen LogP contribution in [0.4, 0.5) is 26.3 Å². The predicted molar refractivity (Wildman–Crippen MR) is 177 cm³/mol. The number of halogens is 9. The van der Waals surface area contributed by atoms with Crippen LogP contribution in [-0.4, -0.2) is 42.7 Å². The van der Waals surface area contributed by atoms with Crippen LogP contribution in [0.1, 0.15) is 0 Å². The first kappa shape index (κ1) is 35.9. The lowest BCUT2D eigenvalue weighted by atomic mass is 10.2. The Morgan fingerprint density at radius 2 is 1.13 bits per heavy atom. The number of aromatic nitrogens is 6. The molecular formula is C30H19Br2F6IN6O2. The first-order chi connectivity index (χ1) is 22.2. The molecule has 4 aromatic carbocycles. The average molecular weight is 896 g/mol. The Labute approximate surface area is 293 Å². The van der Waals surface area contributed by atoms with Gasteiger partial charge in [0.25, 0.3) is 0 Å². The van der Waals surface area contributed by atoms with E-state index in [1.54, 1.807) is 12.1 Å². The molecule has 0 aliphatic rings. The van der Waals surface area contributed by atoms with Crippen LogP contribution < -0.4 is 9.47 Å². The second-order valence-electron chi connectivity index (χ2n) is 8.90. The van der Waals surface area contributed by atoms with E-state index < -0.39 is 12.7 Å². The lowest BCUT2D eigenvalue weighted by molar-refractivity contribution is -0.275. The minimum Gasteiger partial charge on any atom is -0.406 e. The molecule has 0 aliphatic heterocycles. The fraction of sp³-hybridized carbons (Fsp3) is 0.0667. The SMILES string of the molecule is Brc1ccc(-c2ncn[nH]2)cc1.FC(F)(F)Oc1ccc(-n2cnc(-c3ccc(Br)cc3)n2)cc1.FC(F)(F)Oc1ccc(I)cc1. The molecule has 0 saturated heterocycles. The van der Waals surface area contributed by atoms with Gasteiger partial charge in [0.05, 0.1) is 5.69 Å². The van der Waals surface area contributed by atoms with E-state index in [4.69, 9.17) is 0 Å². The van der Waals surface area contributed by atoms with Gasteiger partial charge in [0.15, 0.2) is 11.6 Å². The number of H-pyrrole nitrogens is 1. The highest BCUT2D eigenvalue weighted by Gasteiger charge is 2.31. The molecule has 0 saturated carbocycles. The van der Waals surface area contributed by atoms with Crippen molar-refractivity contribution in [1.29, 1.82) is 0 Å². The van der Waals surface area contributed by atoms with Crippen LogP contribution >= 0.6 is 54.5 Å². The van der Waals surface area contributed by atoms with Gasteiger partial charge in [-0.15, -0.1) is 31.4 Å². The zero-order valence-corrected chi connectivity index (χ0v) is 28.7. The van der Waals surface area contributed by atoms with Crippen molar-refractivity contribution in [2.45, 2.75) is 12.7 Å². The van der Waals surface area contributed by atoms with E-state index in [9.17, 15) is 26.3 Å². The first-order valence-electron chi connectivity index (χ1n) is 12.9. The van der Waals surface area contributed by atoms with Crippen LogP contribution in [0, 0.1) is 3.57 Å². The Kier molecular flexibility index (Phi) is 12.4. The molecule has 6 rings (SSSR count). The normalized spacial score (nSPS) is 11.1.